The maximum atomic E-state index is 3.61. The van der Waals surface area contributed by atoms with Crippen LogP contribution in [0, 0.1) is 11.3 Å². The smallest absolute Gasteiger partial charge is 0.0339 e. The number of nitrogens with zero attached hydrogens (tertiary/aromatic N) is 1. The predicted octanol–water partition coefficient (Wildman–Crippen LogP) is 4.38. The Morgan fingerprint density at radius 2 is 2.25 bits per heavy atom. The zero-order valence-corrected chi connectivity index (χ0v) is 12.7. The van der Waals surface area contributed by atoms with Crippen molar-refractivity contribution in [3.63, 3.8) is 0 Å². The van der Waals surface area contributed by atoms with Crippen molar-refractivity contribution in [1.29, 1.82) is 0 Å². The summed E-state index contributed by atoms with van der Waals surface area (Å²) in [6.45, 7) is 10.7. The second-order valence-corrected chi connectivity index (χ2v) is 7.63. The van der Waals surface area contributed by atoms with E-state index in [0.29, 0.717) is 5.41 Å². The summed E-state index contributed by atoms with van der Waals surface area (Å²) in [6, 6.07) is 2.15. The zero-order chi connectivity index (χ0) is 11.8. The third-order valence-electron chi connectivity index (χ3n) is 3.56. The Kier molecular flexibility index (Phi) is 3.77. The molecule has 0 aliphatic carbocycles. The van der Waals surface area contributed by atoms with E-state index in [9.17, 15) is 0 Å². The van der Waals surface area contributed by atoms with Crippen LogP contribution in [-0.2, 0) is 6.54 Å². The molecule has 1 nitrogen and oxygen atoms in total. The van der Waals surface area contributed by atoms with Crippen LogP contribution in [0.5, 0.6) is 0 Å². The van der Waals surface area contributed by atoms with E-state index >= 15 is 0 Å². The monoisotopic (exact) mass is 301 g/mol. The molecule has 0 N–H and O–H groups in total. The highest BCUT2D eigenvalue weighted by Gasteiger charge is 2.31. The van der Waals surface area contributed by atoms with Gasteiger partial charge in [0, 0.05) is 22.4 Å². The molecule has 1 saturated heterocycles. The molecule has 1 aromatic rings. The lowest BCUT2D eigenvalue weighted by Crippen LogP contribution is -2.25. The molecule has 1 aliphatic rings. The number of likely N-dealkylation sites (tertiary alicyclic amines) is 1. The van der Waals surface area contributed by atoms with Gasteiger partial charge in [-0.15, -0.1) is 11.3 Å². The van der Waals surface area contributed by atoms with Gasteiger partial charge in [0.15, 0.2) is 0 Å². The average Bonchev–Trinajstić information content (AvgIpc) is 2.76. The Morgan fingerprint density at radius 3 is 2.75 bits per heavy atom. The molecule has 3 heteroatoms. The summed E-state index contributed by atoms with van der Waals surface area (Å²) in [6.07, 6.45) is 1.35. The third kappa shape index (κ3) is 2.88. The molecule has 2 heterocycles. The molecule has 0 bridgehead atoms. The van der Waals surface area contributed by atoms with Crippen LogP contribution in [0.15, 0.2) is 15.9 Å². The van der Waals surface area contributed by atoms with Crippen molar-refractivity contribution in [3.05, 3.63) is 20.8 Å². The van der Waals surface area contributed by atoms with Crippen molar-refractivity contribution in [3.8, 4) is 0 Å². The molecule has 0 radical (unpaired) electrons. The summed E-state index contributed by atoms with van der Waals surface area (Å²) in [7, 11) is 0. The van der Waals surface area contributed by atoms with Gasteiger partial charge in [-0.2, -0.15) is 0 Å². The first-order valence-electron chi connectivity index (χ1n) is 5.91. The van der Waals surface area contributed by atoms with Gasteiger partial charge in [-0.05, 0) is 51.7 Å². The van der Waals surface area contributed by atoms with E-state index in [-0.39, 0.29) is 0 Å². The second-order valence-electron chi connectivity index (χ2n) is 5.78. The van der Waals surface area contributed by atoms with Crippen LogP contribution in [0.25, 0.3) is 0 Å². The van der Waals surface area contributed by atoms with Crippen LogP contribution < -0.4 is 0 Å². The lowest BCUT2D eigenvalue weighted by Gasteiger charge is -2.27. The van der Waals surface area contributed by atoms with Crippen molar-refractivity contribution >= 4 is 27.3 Å². The van der Waals surface area contributed by atoms with E-state index in [4.69, 9.17) is 0 Å². The minimum atomic E-state index is 0.460. The first kappa shape index (κ1) is 12.6. The molecule has 1 atom stereocenters. The molecule has 1 unspecified atom stereocenters. The minimum Gasteiger partial charge on any atom is -0.298 e. The Hall–Kier alpha value is 0.140. The standard InChI is InChI=1S/C13H20BrNS/c1-13(2,3)10-4-6-15(8-10)9-12-11(14)5-7-16-12/h5,7,10H,4,6,8-9H2,1-3H3. The van der Waals surface area contributed by atoms with E-state index in [1.807, 2.05) is 11.3 Å². The van der Waals surface area contributed by atoms with Gasteiger partial charge in [0.1, 0.15) is 0 Å². The minimum absolute atomic E-state index is 0.460. The SMILES string of the molecule is CC(C)(C)C1CCN(Cc2sccc2Br)C1. The maximum Gasteiger partial charge on any atom is 0.0339 e. The molecule has 0 amide bonds. The lowest BCUT2D eigenvalue weighted by atomic mass is 9.80. The highest BCUT2D eigenvalue weighted by atomic mass is 79.9. The van der Waals surface area contributed by atoms with E-state index in [0.717, 1.165) is 12.5 Å². The Labute approximate surface area is 111 Å². The normalized spacial score (nSPS) is 22.9. The number of hydrogen-bond acceptors (Lipinski definition) is 2. The lowest BCUT2D eigenvalue weighted by molar-refractivity contribution is 0.227. The fourth-order valence-electron chi connectivity index (χ4n) is 2.32. The van der Waals surface area contributed by atoms with Gasteiger partial charge in [0.25, 0.3) is 0 Å². The van der Waals surface area contributed by atoms with E-state index in [1.165, 1.54) is 28.9 Å². The van der Waals surface area contributed by atoms with Gasteiger partial charge in [-0.25, -0.2) is 0 Å². The highest BCUT2D eigenvalue weighted by molar-refractivity contribution is 9.10. The molecule has 1 aliphatic heterocycles. The van der Waals surface area contributed by atoms with Crippen LogP contribution >= 0.6 is 27.3 Å². The largest absolute Gasteiger partial charge is 0.298 e. The summed E-state index contributed by atoms with van der Waals surface area (Å²) in [5, 5.41) is 2.16. The fourth-order valence-corrected chi connectivity index (χ4v) is 3.84. The first-order valence-corrected chi connectivity index (χ1v) is 7.58. The molecule has 90 valence electrons. The van der Waals surface area contributed by atoms with Crippen LogP contribution in [0.1, 0.15) is 32.1 Å². The Bertz CT molecular complexity index is 353. The number of thiophene rings is 1. The van der Waals surface area contributed by atoms with Crippen molar-refractivity contribution in [1.82, 2.24) is 4.90 Å². The molecule has 1 aromatic heterocycles. The quantitative estimate of drug-likeness (QED) is 0.783. The van der Waals surface area contributed by atoms with Gasteiger partial charge in [-0.1, -0.05) is 20.8 Å². The van der Waals surface area contributed by atoms with Crippen LogP contribution in [0.4, 0.5) is 0 Å². The average molecular weight is 302 g/mol. The van der Waals surface area contributed by atoms with Crippen molar-refractivity contribution in [2.75, 3.05) is 13.1 Å². The number of rotatable bonds is 2. The van der Waals surface area contributed by atoms with Gasteiger partial charge in [0.2, 0.25) is 0 Å². The summed E-state index contributed by atoms with van der Waals surface area (Å²) in [4.78, 5) is 4.06. The Balaban J connectivity index is 1.93. The number of halogens is 1. The topological polar surface area (TPSA) is 3.24 Å². The molecular weight excluding hydrogens is 282 g/mol. The molecule has 16 heavy (non-hydrogen) atoms. The van der Waals surface area contributed by atoms with E-state index < -0.39 is 0 Å². The predicted molar refractivity (Wildman–Crippen MR) is 74.9 cm³/mol. The van der Waals surface area contributed by atoms with Gasteiger partial charge in [0.05, 0.1) is 0 Å². The molecule has 0 saturated carbocycles. The van der Waals surface area contributed by atoms with Crippen LogP contribution in [0.2, 0.25) is 0 Å². The van der Waals surface area contributed by atoms with Gasteiger partial charge < -0.3 is 0 Å². The van der Waals surface area contributed by atoms with E-state index in [2.05, 4.69) is 53.0 Å². The highest BCUT2D eigenvalue weighted by Crippen LogP contribution is 2.35. The number of hydrogen-bond donors (Lipinski definition) is 0. The fraction of sp³-hybridized carbons (Fsp3) is 0.692. The Morgan fingerprint density at radius 1 is 1.50 bits per heavy atom. The van der Waals surface area contributed by atoms with Crippen molar-refractivity contribution < 1.29 is 0 Å². The zero-order valence-electron chi connectivity index (χ0n) is 10.3. The van der Waals surface area contributed by atoms with Gasteiger partial charge >= 0.3 is 0 Å². The summed E-state index contributed by atoms with van der Waals surface area (Å²) in [5.41, 5.74) is 0.460. The summed E-state index contributed by atoms with van der Waals surface area (Å²) < 4.78 is 1.27. The molecular formula is C13H20BrNS. The summed E-state index contributed by atoms with van der Waals surface area (Å²) in [5.74, 6) is 0.853. The maximum absolute atomic E-state index is 3.61. The molecule has 2 rings (SSSR count). The van der Waals surface area contributed by atoms with Crippen molar-refractivity contribution in [2.24, 2.45) is 11.3 Å². The van der Waals surface area contributed by atoms with E-state index in [1.54, 1.807) is 0 Å². The second kappa shape index (κ2) is 4.79. The van der Waals surface area contributed by atoms with Crippen molar-refractivity contribution in [2.45, 2.75) is 33.7 Å². The molecule has 0 aromatic carbocycles. The molecule has 1 fully saturated rings. The van der Waals surface area contributed by atoms with Crippen LogP contribution in [-0.4, -0.2) is 18.0 Å². The van der Waals surface area contributed by atoms with Crippen LogP contribution in [0.3, 0.4) is 0 Å². The summed E-state index contributed by atoms with van der Waals surface area (Å²) >= 11 is 5.47. The first-order chi connectivity index (χ1) is 7.47. The third-order valence-corrected chi connectivity index (χ3v) is 5.47. The molecule has 0 spiro atoms. The van der Waals surface area contributed by atoms with Gasteiger partial charge in [-0.3, -0.25) is 4.90 Å².